The molecule has 1 aromatic rings. The quantitative estimate of drug-likeness (QED) is 0.244. The van der Waals surface area contributed by atoms with Crippen molar-refractivity contribution in [1.29, 1.82) is 0 Å². The molecular weight excluding hydrogens is 564 g/mol. The molecule has 3 aliphatic heterocycles. The number of carbonyl (C=O) groups excluding carboxylic acids is 1. The Bertz CT molecular complexity index is 1270. The van der Waals surface area contributed by atoms with Gasteiger partial charge in [0.1, 0.15) is 0 Å². The molecule has 0 aromatic heterocycles. The van der Waals surface area contributed by atoms with Gasteiger partial charge in [-0.25, -0.2) is 0 Å². The molecule has 4 aliphatic rings. The monoisotopic (exact) mass is 594 g/mol. The number of halogens is 3. The van der Waals surface area contributed by atoms with E-state index in [0.29, 0.717) is 28.6 Å². The molecule has 1 aromatic carbocycles. The van der Waals surface area contributed by atoms with Crippen LogP contribution in [0, 0.1) is 17.8 Å². The predicted octanol–water partition coefficient (Wildman–Crippen LogP) is 1.85. The molecule has 1 saturated carbocycles. The van der Waals surface area contributed by atoms with Crippen molar-refractivity contribution >= 4 is 26.6 Å². The van der Waals surface area contributed by atoms with Gasteiger partial charge in [-0.15, -0.1) is 0 Å². The molecule has 0 spiro atoms. The van der Waals surface area contributed by atoms with Crippen molar-refractivity contribution in [2.24, 2.45) is 5.92 Å². The molecule has 0 bridgehead atoms. The zero-order valence-corrected chi connectivity index (χ0v) is 22.7. The van der Waals surface area contributed by atoms with E-state index < -0.39 is 26.1 Å². The molecule has 3 atom stereocenters. The Hall–Kier alpha value is -3.10. The Morgan fingerprint density at radius 2 is 2.21 bits per heavy atom. The molecule has 202 valence electrons. The van der Waals surface area contributed by atoms with Crippen LogP contribution < -0.4 is 31.4 Å². The van der Waals surface area contributed by atoms with Gasteiger partial charge in [-0.05, 0) is 0 Å². The third-order valence-electron chi connectivity index (χ3n) is 7.04. The maximum absolute atomic E-state index is 13.6. The summed E-state index contributed by atoms with van der Waals surface area (Å²) in [5.41, 5.74) is 4.71. The van der Waals surface area contributed by atoms with Gasteiger partial charge in [0.2, 0.25) is 0 Å². The minimum absolute atomic E-state index is 0.000341. The summed E-state index contributed by atoms with van der Waals surface area (Å²) in [5, 5.41) is 10.1. The molecule has 5 N–H and O–H groups in total. The van der Waals surface area contributed by atoms with Gasteiger partial charge in [0.05, 0.1) is 0 Å². The van der Waals surface area contributed by atoms with Crippen LogP contribution in [0.15, 0.2) is 52.4 Å². The molecule has 2 fully saturated rings. The average molecular weight is 594 g/mol. The van der Waals surface area contributed by atoms with Crippen molar-refractivity contribution < 1.29 is 22.7 Å². The number of fused-ring (bicyclic) bond motifs is 2. The SMILES string of the molecule is CNC(=O)c1ccc(OC)c(NCC#CC2NN3C(NC45CCNCC4C5)=CC=CC3=C2[Se]C(F)(F)F)c1. The number of alkyl halides is 3. The zero-order chi connectivity index (χ0) is 26.9. The molecule has 12 heteroatoms. The Balaban J connectivity index is 1.32. The summed E-state index contributed by atoms with van der Waals surface area (Å²) in [6.07, 6.45) is 7.42. The van der Waals surface area contributed by atoms with Crippen molar-refractivity contribution in [3.8, 4) is 17.6 Å². The first-order chi connectivity index (χ1) is 18.2. The van der Waals surface area contributed by atoms with Gasteiger partial charge >= 0.3 is 226 Å². The van der Waals surface area contributed by atoms with E-state index in [2.05, 4.69) is 38.5 Å². The van der Waals surface area contributed by atoms with E-state index in [1.807, 2.05) is 6.08 Å². The van der Waals surface area contributed by atoms with Gasteiger partial charge < -0.3 is 0 Å². The summed E-state index contributed by atoms with van der Waals surface area (Å²) in [7, 11) is 3.06. The van der Waals surface area contributed by atoms with Crippen LogP contribution in [0.5, 0.6) is 5.75 Å². The molecule has 1 aliphatic carbocycles. The molecule has 38 heavy (non-hydrogen) atoms. The zero-order valence-electron chi connectivity index (χ0n) is 21.0. The number of carbonyl (C=O) groups is 1. The summed E-state index contributed by atoms with van der Waals surface area (Å²) in [6.45, 7) is 2.03. The van der Waals surface area contributed by atoms with Crippen LogP contribution in [0.25, 0.3) is 0 Å². The number of ether oxygens (including phenoxy) is 1. The Kier molecular flexibility index (Phi) is 7.38. The summed E-state index contributed by atoms with van der Waals surface area (Å²) in [6, 6.07) is 4.18. The van der Waals surface area contributed by atoms with Gasteiger partial charge in [-0.2, -0.15) is 0 Å². The number of benzene rings is 1. The number of hydrogen-bond acceptors (Lipinski definition) is 7. The normalized spacial score (nSPS) is 25.5. The third kappa shape index (κ3) is 5.52. The van der Waals surface area contributed by atoms with E-state index in [0.717, 1.165) is 31.8 Å². The van der Waals surface area contributed by atoms with Gasteiger partial charge in [-0.1, -0.05) is 0 Å². The second-order valence-electron chi connectivity index (χ2n) is 9.41. The Morgan fingerprint density at radius 3 is 2.95 bits per heavy atom. The molecule has 1 amide bonds. The van der Waals surface area contributed by atoms with E-state index in [9.17, 15) is 18.0 Å². The number of hydrogen-bond donors (Lipinski definition) is 5. The maximum atomic E-state index is 13.6. The summed E-state index contributed by atoms with van der Waals surface area (Å²) in [4.78, 5) is 12.0. The van der Waals surface area contributed by atoms with Gasteiger partial charge in [0.25, 0.3) is 0 Å². The van der Waals surface area contributed by atoms with E-state index in [1.165, 1.54) is 7.11 Å². The number of amides is 1. The standard InChI is InChI=1S/C26H29F3N6O2Se/c1-30-24(36)16-8-9-21(37-2)19(13-16)32-11-4-5-18-23(38-26(27,28)29)20-6-3-7-22(35(20)34-18)33-25-10-12-31-15-17(25)14-25/h3,6-9,13,17-18,31-34H,10-12,14-15H2,1-2H3,(H,30,36). The average Bonchev–Trinajstić information content (AvgIpc) is 3.52. The number of piperidine rings is 1. The number of methoxy groups -OCH3 is 1. The van der Waals surface area contributed by atoms with E-state index in [1.54, 1.807) is 42.4 Å². The molecule has 0 radical (unpaired) electrons. The van der Waals surface area contributed by atoms with Crippen molar-refractivity contribution in [2.75, 3.05) is 39.1 Å². The molecule has 3 unspecified atom stereocenters. The first-order valence-corrected chi connectivity index (χ1v) is 14.0. The molecular formula is C26H29F3N6O2Se. The molecule has 8 nitrogen and oxygen atoms in total. The minimum atomic E-state index is -4.31. The number of hydrazine groups is 1. The first-order valence-electron chi connectivity index (χ1n) is 12.3. The first kappa shape index (κ1) is 26.5. The number of allylic oxidation sites excluding steroid dienone is 3. The van der Waals surface area contributed by atoms with E-state index in [-0.39, 0.29) is 22.5 Å². The Labute approximate surface area is 225 Å². The number of nitrogens with zero attached hydrogens (tertiary/aromatic N) is 1. The summed E-state index contributed by atoms with van der Waals surface area (Å²) >= 11 is -1.75. The second kappa shape index (κ2) is 10.6. The number of nitrogens with one attached hydrogen (secondary N) is 5. The van der Waals surface area contributed by atoms with Crippen LogP contribution in [-0.2, 0) is 0 Å². The van der Waals surface area contributed by atoms with Crippen LogP contribution in [0.1, 0.15) is 23.2 Å². The van der Waals surface area contributed by atoms with Crippen molar-refractivity contribution in [2.45, 2.75) is 29.5 Å². The van der Waals surface area contributed by atoms with E-state index >= 15 is 0 Å². The number of anilines is 1. The summed E-state index contributed by atoms with van der Waals surface area (Å²) < 4.78 is 46.3. The summed E-state index contributed by atoms with van der Waals surface area (Å²) in [5.74, 6) is 7.50. The molecule has 3 heterocycles. The van der Waals surface area contributed by atoms with Crippen LogP contribution in [0.4, 0.5) is 18.9 Å². The molecule has 5 rings (SSSR count). The van der Waals surface area contributed by atoms with Crippen LogP contribution in [-0.4, -0.2) is 76.3 Å². The van der Waals surface area contributed by atoms with Gasteiger partial charge in [0.15, 0.2) is 0 Å². The fraction of sp³-hybridized carbons (Fsp3) is 0.423. The fourth-order valence-corrected chi connectivity index (χ4v) is 6.60. The topological polar surface area (TPSA) is 89.7 Å². The molecule has 1 saturated heterocycles. The number of rotatable bonds is 7. The van der Waals surface area contributed by atoms with Gasteiger partial charge in [-0.3, -0.25) is 0 Å². The predicted molar refractivity (Wildman–Crippen MR) is 139 cm³/mol. The van der Waals surface area contributed by atoms with Crippen LogP contribution in [0.2, 0.25) is 0 Å². The van der Waals surface area contributed by atoms with Crippen LogP contribution >= 0.6 is 0 Å². The van der Waals surface area contributed by atoms with Crippen LogP contribution in [0.3, 0.4) is 0 Å². The van der Waals surface area contributed by atoms with E-state index in [4.69, 9.17) is 4.74 Å². The third-order valence-corrected chi connectivity index (χ3v) is 8.92. The fourth-order valence-electron chi connectivity index (χ4n) is 5.04. The Morgan fingerprint density at radius 1 is 1.37 bits per heavy atom. The van der Waals surface area contributed by atoms with Crippen molar-refractivity contribution in [3.05, 3.63) is 58.0 Å². The second-order valence-corrected chi connectivity index (χ2v) is 11.7. The van der Waals surface area contributed by atoms with Crippen molar-refractivity contribution in [1.82, 2.24) is 26.4 Å². The van der Waals surface area contributed by atoms with Gasteiger partial charge in [0, 0.05) is 0 Å². The van der Waals surface area contributed by atoms with Crippen molar-refractivity contribution in [3.63, 3.8) is 0 Å².